The molecule has 5 rings (SSSR count). The quantitative estimate of drug-likeness (QED) is 0.732. The van der Waals surface area contributed by atoms with E-state index < -0.39 is 0 Å². The van der Waals surface area contributed by atoms with Gasteiger partial charge in [0.15, 0.2) is 0 Å². The lowest BCUT2D eigenvalue weighted by atomic mass is 9.97. The van der Waals surface area contributed by atoms with E-state index in [-0.39, 0.29) is 29.6 Å². The lowest BCUT2D eigenvalue weighted by Crippen LogP contribution is -2.36. The van der Waals surface area contributed by atoms with Crippen LogP contribution in [0.15, 0.2) is 59.9 Å². The van der Waals surface area contributed by atoms with Crippen LogP contribution >= 0.6 is 11.8 Å². The summed E-state index contributed by atoms with van der Waals surface area (Å²) in [7, 11) is 1.55. The molecule has 3 aliphatic rings. The van der Waals surface area contributed by atoms with Gasteiger partial charge in [-0.1, -0.05) is 18.2 Å². The fraction of sp³-hybridized carbons (Fsp3) is 0.227. The zero-order valence-electron chi connectivity index (χ0n) is 15.7. The Hall–Kier alpha value is -2.93. The van der Waals surface area contributed by atoms with Crippen molar-refractivity contribution >= 4 is 29.7 Å². The Bertz CT molecular complexity index is 1080. The number of halogens is 1. The topological polar surface area (TPSA) is 53.5 Å². The van der Waals surface area contributed by atoms with Crippen LogP contribution in [0.25, 0.3) is 17.2 Å². The third-order valence-electron chi connectivity index (χ3n) is 5.69. The van der Waals surface area contributed by atoms with Crippen LogP contribution in [0.4, 0.5) is 4.39 Å². The van der Waals surface area contributed by atoms with Crippen molar-refractivity contribution in [3.05, 3.63) is 71.5 Å². The zero-order valence-corrected chi connectivity index (χ0v) is 16.5. The molecule has 2 amide bonds. The van der Waals surface area contributed by atoms with Crippen molar-refractivity contribution < 1.29 is 14.0 Å². The maximum Gasteiger partial charge on any atom is 0.259 e. The number of allylic oxidation sites excluding steroid dienone is 1. The lowest BCUT2D eigenvalue weighted by Gasteiger charge is -2.22. The predicted octanol–water partition coefficient (Wildman–Crippen LogP) is 3.16. The van der Waals surface area contributed by atoms with E-state index in [0.29, 0.717) is 5.57 Å². The van der Waals surface area contributed by atoms with Gasteiger partial charge in [-0.05, 0) is 35.9 Å². The molecule has 2 fully saturated rings. The third-order valence-corrected chi connectivity index (χ3v) is 6.73. The summed E-state index contributed by atoms with van der Waals surface area (Å²) in [6, 6.07) is 10.2. The molecule has 146 valence electrons. The summed E-state index contributed by atoms with van der Waals surface area (Å²) in [6.45, 7) is 0. The van der Waals surface area contributed by atoms with Crippen molar-refractivity contribution in [2.24, 2.45) is 5.92 Å². The molecule has 29 heavy (non-hydrogen) atoms. The molecule has 3 aliphatic heterocycles. The van der Waals surface area contributed by atoms with Gasteiger partial charge in [0, 0.05) is 30.3 Å². The summed E-state index contributed by atoms with van der Waals surface area (Å²) in [5.74, 6) is 0.677. The number of benzene rings is 1. The number of likely N-dealkylation sites (N-methyl/N-ethyl adjacent to an activating group) is 1. The van der Waals surface area contributed by atoms with E-state index in [0.717, 1.165) is 34.1 Å². The van der Waals surface area contributed by atoms with Crippen LogP contribution < -0.4 is 0 Å². The standard InChI is InChI=1S/C22H18FN3O2S/c1-25-21(27)19-17(26-12-29-11-18(26)20(19)22(25)28)8-7-16-6-5-14(10-24-16)13-3-2-4-15(23)9-13/h2-10,18,20H,11-12H2,1H3. The van der Waals surface area contributed by atoms with E-state index in [1.807, 2.05) is 30.4 Å². The number of aromatic nitrogens is 1. The van der Waals surface area contributed by atoms with Crippen LogP contribution in [0.1, 0.15) is 5.69 Å². The van der Waals surface area contributed by atoms with E-state index in [4.69, 9.17) is 0 Å². The first-order valence-electron chi connectivity index (χ1n) is 9.35. The molecule has 0 aliphatic carbocycles. The number of rotatable bonds is 3. The normalized spacial score (nSPS) is 23.5. The molecule has 2 saturated heterocycles. The van der Waals surface area contributed by atoms with Gasteiger partial charge in [-0.25, -0.2) is 4.39 Å². The second-order valence-corrected chi connectivity index (χ2v) is 8.33. The maximum atomic E-state index is 13.4. The first-order chi connectivity index (χ1) is 14.0. The number of hydrogen-bond acceptors (Lipinski definition) is 5. The summed E-state index contributed by atoms with van der Waals surface area (Å²) in [4.78, 5) is 33.0. The second kappa shape index (κ2) is 6.84. The number of nitrogens with zero attached hydrogens (tertiary/aromatic N) is 3. The lowest BCUT2D eigenvalue weighted by molar-refractivity contribution is -0.138. The molecule has 0 N–H and O–H groups in total. The molecule has 0 radical (unpaired) electrons. The monoisotopic (exact) mass is 407 g/mol. The number of fused-ring (bicyclic) bond motifs is 3. The Morgan fingerprint density at radius 3 is 2.79 bits per heavy atom. The molecule has 0 saturated carbocycles. The van der Waals surface area contributed by atoms with Gasteiger partial charge in [0.1, 0.15) is 5.82 Å². The number of amides is 2. The molecular formula is C22H18FN3O2S. The summed E-state index contributed by atoms with van der Waals surface area (Å²) >= 11 is 1.78. The molecule has 2 aromatic rings. The average molecular weight is 407 g/mol. The third kappa shape index (κ3) is 2.88. The highest BCUT2D eigenvalue weighted by atomic mass is 32.2. The molecule has 1 aromatic heterocycles. The van der Waals surface area contributed by atoms with Crippen LogP contribution in [0, 0.1) is 11.7 Å². The number of carbonyl (C=O) groups excluding carboxylic acids is 2. The number of pyridine rings is 1. The van der Waals surface area contributed by atoms with Crippen molar-refractivity contribution in [1.82, 2.24) is 14.8 Å². The van der Waals surface area contributed by atoms with Crippen molar-refractivity contribution in [1.29, 1.82) is 0 Å². The molecule has 5 nitrogen and oxygen atoms in total. The van der Waals surface area contributed by atoms with Gasteiger partial charge in [0.25, 0.3) is 5.91 Å². The van der Waals surface area contributed by atoms with Crippen molar-refractivity contribution in [3.8, 4) is 11.1 Å². The Kier molecular flexibility index (Phi) is 4.28. The molecule has 4 heterocycles. The molecule has 7 heteroatoms. The Balaban J connectivity index is 1.45. The largest absolute Gasteiger partial charge is 0.357 e. The van der Waals surface area contributed by atoms with Crippen LogP contribution in [0.5, 0.6) is 0 Å². The number of imide groups is 1. The van der Waals surface area contributed by atoms with Crippen LogP contribution in [-0.4, -0.2) is 51.3 Å². The van der Waals surface area contributed by atoms with E-state index in [2.05, 4.69) is 9.88 Å². The fourth-order valence-corrected chi connectivity index (χ4v) is 5.45. The van der Waals surface area contributed by atoms with E-state index in [1.54, 1.807) is 31.1 Å². The highest BCUT2D eigenvalue weighted by Crippen LogP contribution is 2.46. The van der Waals surface area contributed by atoms with Crippen LogP contribution in [0.2, 0.25) is 0 Å². The highest BCUT2D eigenvalue weighted by Gasteiger charge is 2.55. The molecule has 0 bridgehead atoms. The minimum absolute atomic E-state index is 0.0550. The van der Waals surface area contributed by atoms with E-state index in [1.165, 1.54) is 17.0 Å². The fourth-order valence-electron chi connectivity index (χ4n) is 4.20. The zero-order chi connectivity index (χ0) is 20.1. The van der Waals surface area contributed by atoms with Gasteiger partial charge in [0.05, 0.1) is 29.1 Å². The van der Waals surface area contributed by atoms with Crippen molar-refractivity contribution in [2.45, 2.75) is 6.04 Å². The Morgan fingerprint density at radius 2 is 2.03 bits per heavy atom. The first kappa shape index (κ1) is 18.1. The first-order valence-corrected chi connectivity index (χ1v) is 10.5. The molecule has 2 unspecified atom stereocenters. The SMILES string of the molecule is CN1C(=O)C2=C(C=Cc3ccc(-c4cccc(F)c4)cn3)N3CSCC3C2C1=O. The molecule has 2 atom stereocenters. The smallest absolute Gasteiger partial charge is 0.259 e. The van der Waals surface area contributed by atoms with Gasteiger partial charge in [-0.3, -0.25) is 19.5 Å². The van der Waals surface area contributed by atoms with Crippen molar-refractivity contribution in [2.75, 3.05) is 18.7 Å². The highest BCUT2D eigenvalue weighted by molar-refractivity contribution is 7.99. The number of carbonyl (C=O) groups is 2. The van der Waals surface area contributed by atoms with Crippen LogP contribution in [0.3, 0.4) is 0 Å². The average Bonchev–Trinajstić information content (AvgIpc) is 3.37. The molecule has 1 aromatic carbocycles. The van der Waals surface area contributed by atoms with E-state index >= 15 is 0 Å². The summed E-state index contributed by atoms with van der Waals surface area (Å²) in [5, 5.41) is 0. The maximum absolute atomic E-state index is 13.4. The Labute approximate surface area is 171 Å². The number of hydrogen-bond donors (Lipinski definition) is 0. The van der Waals surface area contributed by atoms with Crippen molar-refractivity contribution in [3.63, 3.8) is 0 Å². The molecular weight excluding hydrogens is 389 g/mol. The summed E-state index contributed by atoms with van der Waals surface area (Å²) < 4.78 is 13.4. The van der Waals surface area contributed by atoms with E-state index in [9.17, 15) is 14.0 Å². The second-order valence-electron chi connectivity index (χ2n) is 7.33. The van der Waals surface area contributed by atoms with Gasteiger partial charge in [0.2, 0.25) is 5.91 Å². The van der Waals surface area contributed by atoms with Gasteiger partial charge < -0.3 is 4.90 Å². The molecule has 0 spiro atoms. The summed E-state index contributed by atoms with van der Waals surface area (Å²) in [5.41, 5.74) is 3.76. The predicted molar refractivity (Wildman–Crippen MR) is 110 cm³/mol. The number of thioether (sulfide) groups is 1. The minimum atomic E-state index is -0.356. The Morgan fingerprint density at radius 1 is 1.17 bits per heavy atom. The van der Waals surface area contributed by atoms with Gasteiger partial charge >= 0.3 is 0 Å². The van der Waals surface area contributed by atoms with Crippen LogP contribution in [-0.2, 0) is 9.59 Å². The number of likely N-dealkylation sites (tertiary alicyclic amines) is 1. The van der Waals surface area contributed by atoms with Gasteiger partial charge in [-0.15, -0.1) is 11.8 Å². The summed E-state index contributed by atoms with van der Waals surface area (Å²) in [6.07, 6.45) is 5.45. The minimum Gasteiger partial charge on any atom is -0.357 e. The van der Waals surface area contributed by atoms with Gasteiger partial charge in [-0.2, -0.15) is 0 Å².